The van der Waals surface area contributed by atoms with E-state index in [4.69, 9.17) is 10.5 Å². The molecule has 4 aromatic rings. The SMILES string of the molecule is Cc1cc(C(=O)N[C@@H]2CCCNC2=O)ncc1-c1ccc(C[C@H](N)C(=O)N(C(=O)C2CCC(CNC(=O)OC(C)(C)C)CC2)c2ccc3c(=O)[nH][nH]c3c2)cc1. The number of aromatic amines is 2. The summed E-state index contributed by atoms with van der Waals surface area (Å²) in [5.74, 6) is -1.81. The number of alkyl carbamates (subject to hydrolysis) is 1. The molecule has 0 bridgehead atoms. The first-order chi connectivity index (χ1) is 26.7. The lowest BCUT2D eigenvalue weighted by molar-refractivity contribution is -0.130. The average Bonchev–Trinajstić information content (AvgIpc) is 3.54. The first kappa shape index (κ1) is 39.9. The lowest BCUT2D eigenvalue weighted by Crippen LogP contribution is -2.50. The highest BCUT2D eigenvalue weighted by atomic mass is 16.6. The Morgan fingerprint density at radius 1 is 0.982 bits per heavy atom. The number of hydrogen-bond acceptors (Lipinski definition) is 9. The minimum Gasteiger partial charge on any atom is -0.444 e. The Labute approximate surface area is 324 Å². The second kappa shape index (κ2) is 16.9. The summed E-state index contributed by atoms with van der Waals surface area (Å²) in [6.07, 6.45) is 5.09. The van der Waals surface area contributed by atoms with Crippen molar-refractivity contribution in [2.24, 2.45) is 17.6 Å². The minimum atomic E-state index is -1.06. The van der Waals surface area contributed by atoms with Crippen LogP contribution in [-0.4, -0.2) is 75.7 Å². The molecule has 7 N–H and O–H groups in total. The molecule has 3 heterocycles. The molecular formula is C41H50N8O7. The number of imide groups is 1. The van der Waals surface area contributed by atoms with Crippen molar-refractivity contribution < 1.29 is 28.7 Å². The number of amides is 5. The van der Waals surface area contributed by atoms with Gasteiger partial charge >= 0.3 is 6.09 Å². The second-order valence-corrected chi connectivity index (χ2v) is 15.8. The molecule has 0 spiro atoms. The van der Waals surface area contributed by atoms with Gasteiger partial charge in [0.05, 0.1) is 22.6 Å². The summed E-state index contributed by atoms with van der Waals surface area (Å²) in [6.45, 7) is 8.32. The summed E-state index contributed by atoms with van der Waals surface area (Å²) >= 11 is 0. The van der Waals surface area contributed by atoms with E-state index in [1.165, 1.54) is 0 Å². The third-order valence-electron chi connectivity index (χ3n) is 10.4. The fourth-order valence-corrected chi connectivity index (χ4v) is 7.32. The maximum atomic E-state index is 14.2. The van der Waals surface area contributed by atoms with Crippen molar-refractivity contribution >= 4 is 46.3 Å². The zero-order valence-corrected chi connectivity index (χ0v) is 32.2. The van der Waals surface area contributed by atoms with Gasteiger partial charge in [-0.3, -0.25) is 39.2 Å². The Morgan fingerprint density at radius 3 is 2.39 bits per heavy atom. The third-order valence-corrected chi connectivity index (χ3v) is 10.4. The van der Waals surface area contributed by atoms with Gasteiger partial charge in [-0.2, -0.15) is 0 Å². The van der Waals surface area contributed by atoms with Crippen LogP contribution in [0.4, 0.5) is 10.5 Å². The van der Waals surface area contributed by atoms with Crippen LogP contribution in [-0.2, 0) is 25.5 Å². The van der Waals surface area contributed by atoms with Crippen LogP contribution in [0.25, 0.3) is 22.0 Å². The van der Waals surface area contributed by atoms with Crippen molar-refractivity contribution in [2.75, 3.05) is 18.0 Å². The number of nitrogens with two attached hydrogens (primary N) is 1. The minimum absolute atomic E-state index is 0.153. The van der Waals surface area contributed by atoms with E-state index < -0.39 is 41.5 Å². The summed E-state index contributed by atoms with van der Waals surface area (Å²) in [5.41, 5.74) is 9.89. The standard InChI is InChI=1S/C41H50N8O7/c1-23-18-34(37(52)46-32-6-5-17-43-36(32)51)44-22-30(23)26-11-7-24(8-12-26)19-31(42)39(54)49(28-15-16-29-33(20-28)47-48-35(29)50)38(53)27-13-9-25(10-14-27)21-45-40(55)56-41(2,3)4/h7-8,11-12,15-16,18,20,22,25,27,31-32H,5-6,9-10,13-14,17,19,21,42H2,1-4H3,(H,43,51)(H,45,55)(H,46,52)(H2,47,48,50)/t25?,27?,31-,32+/m0/s1. The van der Waals surface area contributed by atoms with Gasteiger partial charge < -0.3 is 26.4 Å². The van der Waals surface area contributed by atoms with E-state index in [9.17, 15) is 28.8 Å². The van der Waals surface area contributed by atoms with Crippen LogP contribution < -0.4 is 32.1 Å². The first-order valence-electron chi connectivity index (χ1n) is 19.1. The summed E-state index contributed by atoms with van der Waals surface area (Å²) < 4.78 is 5.35. The predicted molar refractivity (Wildman–Crippen MR) is 211 cm³/mol. The number of benzene rings is 2. The van der Waals surface area contributed by atoms with E-state index in [0.717, 1.165) is 33.6 Å². The summed E-state index contributed by atoms with van der Waals surface area (Å²) in [6, 6.07) is 12.3. The van der Waals surface area contributed by atoms with Crippen molar-refractivity contribution in [3.63, 3.8) is 0 Å². The molecule has 5 amide bonds. The van der Waals surface area contributed by atoms with Gasteiger partial charge in [-0.05, 0) is 120 Å². The number of rotatable bonds is 10. The first-order valence-corrected chi connectivity index (χ1v) is 19.1. The van der Waals surface area contributed by atoms with Crippen LogP contribution >= 0.6 is 0 Å². The molecule has 2 fully saturated rings. The summed E-state index contributed by atoms with van der Waals surface area (Å²) in [7, 11) is 0. The molecular weight excluding hydrogens is 716 g/mol. The fraction of sp³-hybridized carbons (Fsp3) is 0.439. The van der Waals surface area contributed by atoms with Crippen molar-refractivity contribution in [2.45, 2.75) is 90.3 Å². The second-order valence-electron chi connectivity index (χ2n) is 15.8. The largest absolute Gasteiger partial charge is 0.444 e. The number of aryl methyl sites for hydroxylation is 1. The Hall–Kier alpha value is -5.83. The van der Waals surface area contributed by atoms with Crippen LogP contribution in [0, 0.1) is 18.8 Å². The van der Waals surface area contributed by atoms with Crippen molar-refractivity contribution in [3.05, 3.63) is 81.9 Å². The number of pyridine rings is 1. The zero-order valence-electron chi connectivity index (χ0n) is 32.2. The Kier molecular flexibility index (Phi) is 12.0. The molecule has 2 atom stereocenters. The number of hydrogen-bond donors (Lipinski definition) is 6. The molecule has 1 saturated carbocycles. The maximum absolute atomic E-state index is 14.2. The number of piperidine rings is 1. The fourth-order valence-electron chi connectivity index (χ4n) is 7.32. The van der Waals surface area contributed by atoms with Crippen molar-refractivity contribution in [3.8, 4) is 11.1 Å². The Bertz CT molecular complexity index is 2160. The molecule has 15 nitrogen and oxygen atoms in total. The number of nitrogens with one attached hydrogen (secondary N) is 5. The van der Waals surface area contributed by atoms with E-state index >= 15 is 0 Å². The van der Waals surface area contributed by atoms with Crippen LogP contribution in [0.1, 0.15) is 80.9 Å². The van der Waals surface area contributed by atoms with Crippen LogP contribution in [0.2, 0.25) is 0 Å². The van der Waals surface area contributed by atoms with E-state index in [2.05, 4.69) is 31.1 Å². The van der Waals surface area contributed by atoms with Gasteiger partial charge in [0.15, 0.2) is 0 Å². The molecule has 1 aliphatic heterocycles. The van der Waals surface area contributed by atoms with E-state index in [-0.39, 0.29) is 35.4 Å². The molecule has 56 heavy (non-hydrogen) atoms. The lowest BCUT2D eigenvalue weighted by Gasteiger charge is -2.32. The normalized spacial score (nSPS) is 19.1. The maximum Gasteiger partial charge on any atom is 0.407 e. The molecule has 1 saturated heterocycles. The number of H-pyrrole nitrogens is 2. The average molecular weight is 767 g/mol. The highest BCUT2D eigenvalue weighted by Crippen LogP contribution is 2.32. The molecule has 2 aromatic carbocycles. The van der Waals surface area contributed by atoms with Gasteiger partial charge in [0.2, 0.25) is 11.8 Å². The van der Waals surface area contributed by atoms with Crippen LogP contribution in [0.15, 0.2) is 59.5 Å². The summed E-state index contributed by atoms with van der Waals surface area (Å²) in [5, 5.41) is 14.1. The number of ether oxygens (including phenoxy) is 1. The highest BCUT2D eigenvalue weighted by Gasteiger charge is 2.36. The molecule has 0 unspecified atom stereocenters. The van der Waals surface area contributed by atoms with Gasteiger partial charge in [-0.15, -0.1) is 0 Å². The lowest BCUT2D eigenvalue weighted by atomic mass is 9.81. The molecule has 0 radical (unpaired) electrons. The van der Waals surface area contributed by atoms with Gasteiger partial charge in [-0.25, -0.2) is 9.69 Å². The monoisotopic (exact) mass is 766 g/mol. The van der Waals surface area contributed by atoms with Gasteiger partial charge in [0.1, 0.15) is 17.3 Å². The predicted octanol–water partition coefficient (Wildman–Crippen LogP) is 4.00. The molecule has 296 valence electrons. The van der Waals surface area contributed by atoms with Gasteiger partial charge in [0.25, 0.3) is 17.4 Å². The summed E-state index contributed by atoms with van der Waals surface area (Å²) in [4.78, 5) is 83.2. The molecule has 6 rings (SSSR count). The number of carbonyl (C=O) groups is 5. The van der Waals surface area contributed by atoms with E-state index in [0.29, 0.717) is 61.8 Å². The van der Waals surface area contributed by atoms with Crippen LogP contribution in [0.5, 0.6) is 0 Å². The number of fused-ring (bicyclic) bond motifs is 1. The number of anilines is 1. The van der Waals surface area contributed by atoms with Crippen molar-refractivity contribution in [1.29, 1.82) is 0 Å². The number of nitrogens with zero attached hydrogens (tertiary/aromatic N) is 2. The number of carbonyl (C=O) groups excluding carboxylic acids is 5. The van der Waals surface area contributed by atoms with Crippen molar-refractivity contribution in [1.82, 2.24) is 31.1 Å². The van der Waals surface area contributed by atoms with Gasteiger partial charge in [-0.1, -0.05) is 24.3 Å². The smallest absolute Gasteiger partial charge is 0.407 e. The number of aromatic nitrogens is 3. The molecule has 2 aliphatic rings. The molecule has 1 aliphatic carbocycles. The Balaban J connectivity index is 1.12. The quantitative estimate of drug-likeness (QED) is 0.137. The molecule has 15 heteroatoms. The topological polar surface area (TPSA) is 221 Å². The van der Waals surface area contributed by atoms with E-state index in [1.54, 1.807) is 51.2 Å². The van der Waals surface area contributed by atoms with Crippen LogP contribution in [0.3, 0.4) is 0 Å². The Morgan fingerprint density at radius 2 is 1.71 bits per heavy atom. The highest BCUT2D eigenvalue weighted by molar-refractivity contribution is 6.17. The van der Waals surface area contributed by atoms with E-state index in [1.807, 2.05) is 31.2 Å². The third kappa shape index (κ3) is 9.51. The zero-order chi connectivity index (χ0) is 40.1. The molecule has 2 aromatic heterocycles. The van der Waals surface area contributed by atoms with Gasteiger partial charge in [0, 0.05) is 30.8 Å².